The predicted octanol–water partition coefficient (Wildman–Crippen LogP) is 2.21. The second-order valence-electron chi connectivity index (χ2n) is 6.37. The highest BCUT2D eigenvalue weighted by Gasteiger charge is 2.31. The van der Waals surface area contributed by atoms with E-state index in [1.807, 2.05) is 0 Å². The number of benzene rings is 1. The third-order valence-corrected chi connectivity index (χ3v) is 4.76. The van der Waals surface area contributed by atoms with Crippen LogP contribution in [0.5, 0.6) is 0 Å². The van der Waals surface area contributed by atoms with Crippen LogP contribution in [0.3, 0.4) is 0 Å². The molecule has 1 aliphatic heterocycles. The zero-order chi connectivity index (χ0) is 19.8. The van der Waals surface area contributed by atoms with Crippen molar-refractivity contribution in [2.24, 2.45) is 0 Å². The number of Topliss-reactive ketones (excluding diaryl/α,β-unsaturated/α-hetero) is 1. The van der Waals surface area contributed by atoms with Crippen molar-refractivity contribution in [2.45, 2.75) is 0 Å². The number of ketones is 1. The van der Waals surface area contributed by atoms with E-state index in [1.165, 1.54) is 16.1 Å². The van der Waals surface area contributed by atoms with E-state index in [0.717, 1.165) is 18.3 Å². The van der Waals surface area contributed by atoms with E-state index in [9.17, 15) is 23.2 Å². The maximum Gasteiger partial charge on any atom is 0.295 e. The van der Waals surface area contributed by atoms with Crippen LogP contribution in [0.2, 0.25) is 0 Å². The second kappa shape index (κ2) is 6.91. The van der Waals surface area contributed by atoms with Gasteiger partial charge in [-0.05, 0) is 24.3 Å². The molecule has 0 bridgehead atoms. The molecule has 3 aromatic rings. The number of hydrogen-bond donors (Lipinski definition) is 1. The molecular formula is C19H15F2N3O4. The van der Waals surface area contributed by atoms with Crippen molar-refractivity contribution in [2.75, 3.05) is 26.2 Å². The van der Waals surface area contributed by atoms with Gasteiger partial charge in [0.1, 0.15) is 11.6 Å². The van der Waals surface area contributed by atoms with Crippen LogP contribution in [0.4, 0.5) is 8.78 Å². The van der Waals surface area contributed by atoms with Crippen LogP contribution in [0, 0.1) is 11.6 Å². The Morgan fingerprint density at radius 3 is 2.32 bits per heavy atom. The zero-order valence-corrected chi connectivity index (χ0v) is 14.6. The molecule has 1 saturated heterocycles. The van der Waals surface area contributed by atoms with Crippen molar-refractivity contribution in [1.82, 2.24) is 14.8 Å². The van der Waals surface area contributed by atoms with Gasteiger partial charge in [0.2, 0.25) is 0 Å². The van der Waals surface area contributed by atoms with Crippen molar-refractivity contribution in [1.29, 1.82) is 0 Å². The first kappa shape index (κ1) is 17.9. The average molecular weight is 387 g/mol. The number of hydrogen-bond acceptors (Lipinski definition) is 4. The topological polar surface area (TPSA) is 86.6 Å². The number of aromatic nitrogens is 1. The van der Waals surface area contributed by atoms with E-state index in [0.29, 0.717) is 0 Å². The Morgan fingerprint density at radius 2 is 1.64 bits per heavy atom. The van der Waals surface area contributed by atoms with Gasteiger partial charge in [-0.3, -0.25) is 14.4 Å². The van der Waals surface area contributed by atoms with Crippen molar-refractivity contribution in [3.8, 4) is 0 Å². The lowest BCUT2D eigenvalue weighted by Crippen LogP contribution is -2.52. The van der Waals surface area contributed by atoms with Crippen LogP contribution in [-0.4, -0.2) is 58.6 Å². The van der Waals surface area contributed by atoms with Crippen LogP contribution >= 0.6 is 0 Å². The molecule has 144 valence electrons. The van der Waals surface area contributed by atoms with Crippen molar-refractivity contribution < 1.29 is 27.6 Å². The summed E-state index contributed by atoms with van der Waals surface area (Å²) in [5, 5.41) is -0.245. The molecule has 3 heterocycles. The first-order chi connectivity index (χ1) is 13.5. The van der Waals surface area contributed by atoms with E-state index < -0.39 is 23.3 Å². The molecule has 4 rings (SSSR count). The minimum atomic E-state index is -0.929. The van der Waals surface area contributed by atoms with E-state index in [1.54, 1.807) is 12.1 Å². The van der Waals surface area contributed by atoms with Gasteiger partial charge in [0.05, 0.1) is 17.3 Å². The Morgan fingerprint density at radius 1 is 0.964 bits per heavy atom. The highest BCUT2D eigenvalue weighted by Crippen LogP contribution is 2.25. The smallest absolute Gasteiger partial charge is 0.295 e. The number of furan rings is 1. The number of carbonyl (C=O) groups excluding carboxylic acids is 3. The molecule has 0 atom stereocenters. The monoisotopic (exact) mass is 387 g/mol. The van der Waals surface area contributed by atoms with Gasteiger partial charge >= 0.3 is 0 Å². The first-order valence-electron chi connectivity index (χ1n) is 8.59. The number of aromatic amines is 1. The normalized spacial score (nSPS) is 14.5. The molecule has 1 fully saturated rings. The van der Waals surface area contributed by atoms with Gasteiger partial charge in [0.25, 0.3) is 17.6 Å². The number of nitrogens with zero attached hydrogens (tertiary/aromatic N) is 2. The third-order valence-electron chi connectivity index (χ3n) is 4.76. The summed E-state index contributed by atoms with van der Waals surface area (Å²) in [5.41, 5.74) is -0.379. The van der Waals surface area contributed by atoms with E-state index in [-0.39, 0.29) is 54.3 Å². The number of halogens is 2. The van der Waals surface area contributed by atoms with Crippen LogP contribution in [-0.2, 0) is 4.79 Å². The molecule has 28 heavy (non-hydrogen) atoms. The minimum Gasteiger partial charge on any atom is -0.459 e. The molecule has 0 radical (unpaired) electrons. The molecule has 1 aliphatic rings. The van der Waals surface area contributed by atoms with Gasteiger partial charge in [0.15, 0.2) is 5.76 Å². The van der Waals surface area contributed by atoms with Crippen molar-refractivity contribution in [3.05, 3.63) is 59.7 Å². The van der Waals surface area contributed by atoms with Gasteiger partial charge in [-0.15, -0.1) is 0 Å². The number of rotatable bonds is 3. The summed E-state index contributed by atoms with van der Waals surface area (Å²) in [4.78, 5) is 42.7. The number of piperazine rings is 1. The molecule has 2 aromatic heterocycles. The van der Waals surface area contributed by atoms with Gasteiger partial charge in [-0.25, -0.2) is 8.78 Å². The molecule has 2 amide bonds. The molecule has 1 N–H and O–H groups in total. The van der Waals surface area contributed by atoms with Gasteiger partial charge < -0.3 is 19.2 Å². The Kier molecular flexibility index (Phi) is 4.42. The Labute approximate surface area is 157 Å². The number of carbonyl (C=O) groups is 3. The van der Waals surface area contributed by atoms with Gasteiger partial charge in [-0.1, -0.05) is 0 Å². The average Bonchev–Trinajstić information content (AvgIpc) is 3.40. The van der Waals surface area contributed by atoms with E-state index >= 15 is 0 Å². The number of H-pyrrole nitrogens is 1. The third kappa shape index (κ3) is 2.94. The number of fused-ring (bicyclic) bond motifs is 1. The lowest BCUT2D eigenvalue weighted by atomic mass is 10.1. The molecule has 7 nitrogen and oxygen atoms in total. The standard InChI is InChI=1S/C19H15F2N3O4/c20-12-3-4-13(21)16-15(12)11(10-22-16)17(25)19(27)24-7-5-23(6-8-24)18(26)14-2-1-9-28-14/h1-4,9-10,22H,5-8H2. The fourth-order valence-corrected chi connectivity index (χ4v) is 3.28. The highest BCUT2D eigenvalue weighted by atomic mass is 19.1. The largest absolute Gasteiger partial charge is 0.459 e. The van der Waals surface area contributed by atoms with Crippen LogP contribution in [0.25, 0.3) is 10.9 Å². The molecule has 0 aliphatic carbocycles. The fraction of sp³-hybridized carbons (Fsp3) is 0.211. The predicted molar refractivity (Wildman–Crippen MR) is 93.7 cm³/mol. The Bertz CT molecular complexity index is 1070. The summed E-state index contributed by atoms with van der Waals surface area (Å²) in [6.45, 7) is 0.761. The molecule has 1 aromatic carbocycles. The van der Waals surface area contributed by atoms with Crippen molar-refractivity contribution in [3.63, 3.8) is 0 Å². The van der Waals surface area contributed by atoms with Crippen LogP contribution in [0.15, 0.2) is 41.1 Å². The summed E-state index contributed by atoms with van der Waals surface area (Å²) >= 11 is 0. The lowest BCUT2D eigenvalue weighted by Gasteiger charge is -2.33. The SMILES string of the molecule is O=C(C(=O)N1CCN(C(=O)c2ccco2)CC1)c1c[nH]c2c(F)ccc(F)c12. The quantitative estimate of drug-likeness (QED) is 0.552. The molecule has 9 heteroatoms. The summed E-state index contributed by atoms with van der Waals surface area (Å²) in [7, 11) is 0. The van der Waals surface area contributed by atoms with Gasteiger partial charge in [-0.2, -0.15) is 0 Å². The maximum atomic E-state index is 14.1. The first-order valence-corrected chi connectivity index (χ1v) is 8.59. The van der Waals surface area contributed by atoms with E-state index in [4.69, 9.17) is 4.42 Å². The maximum absolute atomic E-state index is 14.1. The van der Waals surface area contributed by atoms with E-state index in [2.05, 4.69) is 4.98 Å². The zero-order valence-electron chi connectivity index (χ0n) is 14.6. The number of nitrogens with one attached hydrogen (secondary N) is 1. The summed E-state index contributed by atoms with van der Waals surface area (Å²) in [5.74, 6) is -3.35. The van der Waals surface area contributed by atoms with Crippen LogP contribution < -0.4 is 0 Å². The fourth-order valence-electron chi connectivity index (χ4n) is 3.28. The van der Waals surface area contributed by atoms with Crippen LogP contribution in [0.1, 0.15) is 20.9 Å². The minimum absolute atomic E-state index is 0.149. The molecule has 0 unspecified atom stereocenters. The Hall–Kier alpha value is -3.49. The summed E-state index contributed by atoms with van der Waals surface area (Å²) in [6.07, 6.45) is 2.53. The second-order valence-corrected chi connectivity index (χ2v) is 6.37. The number of amides is 2. The van der Waals surface area contributed by atoms with Crippen molar-refractivity contribution >= 4 is 28.5 Å². The molecule has 0 spiro atoms. The molecule has 0 saturated carbocycles. The summed E-state index contributed by atoms with van der Waals surface area (Å²) < 4.78 is 32.9. The summed E-state index contributed by atoms with van der Waals surface area (Å²) in [6, 6.07) is 5.01. The highest BCUT2D eigenvalue weighted by molar-refractivity contribution is 6.44. The Balaban J connectivity index is 1.48. The van der Waals surface area contributed by atoms with Gasteiger partial charge in [0, 0.05) is 37.8 Å². The molecular weight excluding hydrogens is 372 g/mol. The lowest BCUT2D eigenvalue weighted by molar-refractivity contribution is -0.127.